The Balaban J connectivity index is 1.54. The summed E-state index contributed by atoms with van der Waals surface area (Å²) in [6.07, 6.45) is 7.14. The highest BCUT2D eigenvalue weighted by Crippen LogP contribution is 2.32. The number of piperidine rings is 1. The number of nitroso groups, excluding NO2 is 1. The summed E-state index contributed by atoms with van der Waals surface area (Å²) in [4.78, 5) is 13.5. The predicted molar refractivity (Wildman–Crippen MR) is 97.9 cm³/mol. The molecule has 0 radical (unpaired) electrons. The lowest BCUT2D eigenvalue weighted by atomic mass is 9.90. The van der Waals surface area contributed by atoms with Crippen LogP contribution < -0.4 is 5.32 Å². The number of nitrogens with zero attached hydrogens (tertiary/aromatic N) is 2. The van der Waals surface area contributed by atoms with E-state index in [4.69, 9.17) is 4.74 Å². The zero-order chi connectivity index (χ0) is 17.8. The number of hydrogen-bond acceptors (Lipinski definition) is 5. The Morgan fingerprint density at radius 1 is 1.16 bits per heavy atom. The van der Waals surface area contributed by atoms with Crippen LogP contribution in [0.5, 0.6) is 0 Å². The van der Waals surface area contributed by atoms with Gasteiger partial charge in [-0.2, -0.15) is 0 Å². The lowest BCUT2D eigenvalue weighted by molar-refractivity contribution is 0.0329. The molecule has 0 spiro atoms. The molecule has 25 heavy (non-hydrogen) atoms. The molecule has 2 aliphatic rings. The fraction of sp³-hybridized carbons (Fsp3) is 0.684. The third kappa shape index (κ3) is 4.36. The maximum Gasteiger partial charge on any atom is 0.166 e. The minimum Gasteiger partial charge on any atom is -0.381 e. The van der Waals surface area contributed by atoms with Crippen LogP contribution in [0.1, 0.15) is 44.1 Å². The molecule has 2 fully saturated rings. The molecule has 1 saturated carbocycles. The molecule has 1 aromatic carbocycles. The number of ether oxygens (including phenoxy) is 1. The standard InChI is InChI=1S/C19H28FN3O2/c1-13-11-17(20)19(22-24)18(12-13)21-14-7-9-23(10-8-14)15-3-5-16(25-2)6-4-15/h11-12,14-16,21H,3-10H2,1-2H3/t15-,16+. The highest BCUT2D eigenvalue weighted by Gasteiger charge is 2.29. The Bertz CT molecular complexity index is 595. The van der Waals surface area contributed by atoms with E-state index >= 15 is 0 Å². The van der Waals surface area contributed by atoms with Crippen molar-refractivity contribution >= 4 is 11.4 Å². The van der Waals surface area contributed by atoms with Crippen LogP contribution in [0, 0.1) is 17.6 Å². The van der Waals surface area contributed by atoms with Gasteiger partial charge < -0.3 is 15.0 Å². The minimum absolute atomic E-state index is 0.106. The van der Waals surface area contributed by atoms with Crippen LogP contribution >= 0.6 is 0 Å². The van der Waals surface area contributed by atoms with Crippen LogP contribution in [-0.2, 0) is 4.74 Å². The number of hydrogen-bond donors (Lipinski definition) is 1. The lowest BCUT2D eigenvalue weighted by Crippen LogP contribution is -2.46. The molecule has 1 aromatic rings. The summed E-state index contributed by atoms with van der Waals surface area (Å²) in [6.45, 7) is 3.90. The predicted octanol–water partition coefficient (Wildman–Crippen LogP) is 4.37. The first-order valence-electron chi connectivity index (χ1n) is 9.27. The van der Waals surface area contributed by atoms with E-state index in [2.05, 4.69) is 15.4 Å². The van der Waals surface area contributed by atoms with E-state index in [1.807, 2.05) is 6.92 Å². The summed E-state index contributed by atoms with van der Waals surface area (Å²) in [6, 6.07) is 4.07. The van der Waals surface area contributed by atoms with Crippen molar-refractivity contribution in [2.75, 3.05) is 25.5 Å². The van der Waals surface area contributed by atoms with Crippen molar-refractivity contribution < 1.29 is 9.13 Å². The number of likely N-dealkylation sites (tertiary alicyclic amines) is 1. The van der Waals surface area contributed by atoms with Gasteiger partial charge in [-0.15, -0.1) is 4.91 Å². The fourth-order valence-corrected chi connectivity index (χ4v) is 4.21. The third-order valence-corrected chi connectivity index (χ3v) is 5.68. The number of methoxy groups -OCH3 is 1. The fourth-order valence-electron chi connectivity index (χ4n) is 4.21. The second kappa shape index (κ2) is 8.23. The maximum absolute atomic E-state index is 13.9. The molecule has 1 heterocycles. The summed E-state index contributed by atoms with van der Waals surface area (Å²) in [7, 11) is 1.80. The van der Waals surface area contributed by atoms with Gasteiger partial charge in [0.15, 0.2) is 11.5 Å². The van der Waals surface area contributed by atoms with Crippen molar-refractivity contribution in [3.8, 4) is 0 Å². The summed E-state index contributed by atoms with van der Waals surface area (Å²) < 4.78 is 19.3. The van der Waals surface area contributed by atoms with Crippen molar-refractivity contribution in [1.29, 1.82) is 0 Å². The Labute approximate surface area is 148 Å². The molecule has 138 valence electrons. The average molecular weight is 349 g/mol. The molecule has 5 nitrogen and oxygen atoms in total. The van der Waals surface area contributed by atoms with Gasteiger partial charge in [0.2, 0.25) is 0 Å². The van der Waals surface area contributed by atoms with Gasteiger partial charge in [-0.1, -0.05) is 0 Å². The highest BCUT2D eigenvalue weighted by molar-refractivity contribution is 5.67. The number of anilines is 1. The first-order chi connectivity index (χ1) is 12.1. The number of aryl methyl sites for hydroxylation is 1. The maximum atomic E-state index is 13.9. The van der Waals surface area contributed by atoms with Gasteiger partial charge in [-0.05, 0) is 68.3 Å². The largest absolute Gasteiger partial charge is 0.381 e. The number of halogens is 1. The SMILES string of the molecule is CO[C@H]1CC[C@@H](N2CCC(Nc3cc(C)cc(F)c3N=O)CC2)CC1. The van der Waals surface area contributed by atoms with Crippen molar-refractivity contribution in [3.63, 3.8) is 0 Å². The van der Waals surface area contributed by atoms with Crippen molar-refractivity contribution in [2.45, 2.75) is 63.6 Å². The first-order valence-corrected chi connectivity index (χ1v) is 9.27. The molecule has 1 aliphatic carbocycles. The molecule has 6 heteroatoms. The van der Waals surface area contributed by atoms with E-state index in [1.165, 1.54) is 18.9 Å². The molecule has 0 unspecified atom stereocenters. The Hall–Kier alpha value is -1.53. The molecule has 0 amide bonds. The first kappa shape index (κ1) is 18.3. The van der Waals surface area contributed by atoms with Crippen molar-refractivity contribution in [3.05, 3.63) is 28.4 Å². The smallest absolute Gasteiger partial charge is 0.166 e. The molecule has 1 N–H and O–H groups in total. The third-order valence-electron chi connectivity index (χ3n) is 5.68. The average Bonchev–Trinajstić information content (AvgIpc) is 2.62. The van der Waals surface area contributed by atoms with Gasteiger partial charge in [0.1, 0.15) is 0 Å². The summed E-state index contributed by atoms with van der Waals surface area (Å²) in [5.41, 5.74) is 1.21. The summed E-state index contributed by atoms with van der Waals surface area (Å²) in [5.74, 6) is -0.551. The van der Waals surface area contributed by atoms with E-state index in [0.717, 1.165) is 44.3 Å². The number of nitrogens with one attached hydrogen (secondary N) is 1. The van der Waals surface area contributed by atoms with E-state index in [0.29, 0.717) is 17.8 Å². The second-order valence-electron chi connectivity index (χ2n) is 7.36. The second-order valence-corrected chi connectivity index (χ2v) is 7.36. The lowest BCUT2D eigenvalue weighted by Gasteiger charge is -2.41. The van der Waals surface area contributed by atoms with Crippen LogP contribution in [0.15, 0.2) is 17.3 Å². The summed E-state index contributed by atoms with van der Waals surface area (Å²) >= 11 is 0. The molecule has 1 aliphatic heterocycles. The Morgan fingerprint density at radius 3 is 2.44 bits per heavy atom. The topological polar surface area (TPSA) is 53.9 Å². The molecule has 1 saturated heterocycles. The van der Waals surface area contributed by atoms with Gasteiger partial charge in [0.25, 0.3) is 0 Å². The highest BCUT2D eigenvalue weighted by atomic mass is 19.1. The monoisotopic (exact) mass is 349 g/mol. The number of rotatable bonds is 5. The quantitative estimate of drug-likeness (QED) is 0.802. The molecule has 0 bridgehead atoms. The van der Waals surface area contributed by atoms with Crippen LogP contribution in [0.3, 0.4) is 0 Å². The molecule has 3 rings (SSSR count). The van der Waals surface area contributed by atoms with Gasteiger partial charge >= 0.3 is 0 Å². The molecular weight excluding hydrogens is 321 g/mol. The van der Waals surface area contributed by atoms with Crippen LogP contribution in [-0.4, -0.2) is 43.3 Å². The van der Waals surface area contributed by atoms with Crippen LogP contribution in [0.4, 0.5) is 15.8 Å². The van der Waals surface area contributed by atoms with E-state index in [-0.39, 0.29) is 11.7 Å². The van der Waals surface area contributed by atoms with Crippen molar-refractivity contribution in [2.24, 2.45) is 5.18 Å². The van der Waals surface area contributed by atoms with Gasteiger partial charge in [0.05, 0.1) is 11.8 Å². The normalized spacial score (nSPS) is 25.7. The van der Waals surface area contributed by atoms with Gasteiger partial charge in [0, 0.05) is 32.3 Å². The van der Waals surface area contributed by atoms with Gasteiger partial charge in [-0.3, -0.25) is 0 Å². The van der Waals surface area contributed by atoms with E-state index in [1.54, 1.807) is 13.2 Å². The van der Waals surface area contributed by atoms with Crippen molar-refractivity contribution in [1.82, 2.24) is 4.90 Å². The number of benzene rings is 1. The van der Waals surface area contributed by atoms with E-state index < -0.39 is 5.82 Å². The zero-order valence-corrected chi connectivity index (χ0v) is 15.1. The van der Waals surface area contributed by atoms with Crippen LogP contribution in [0.2, 0.25) is 0 Å². The Kier molecular flexibility index (Phi) is 6.02. The minimum atomic E-state index is -0.551. The summed E-state index contributed by atoms with van der Waals surface area (Å²) in [5, 5.41) is 6.21. The van der Waals surface area contributed by atoms with Crippen LogP contribution in [0.25, 0.3) is 0 Å². The molecule has 0 atom stereocenters. The van der Waals surface area contributed by atoms with E-state index in [9.17, 15) is 9.30 Å². The Morgan fingerprint density at radius 2 is 1.84 bits per heavy atom. The molecule has 0 aromatic heterocycles. The van der Waals surface area contributed by atoms with Gasteiger partial charge in [-0.25, -0.2) is 4.39 Å². The molecular formula is C19H28FN3O2. The zero-order valence-electron chi connectivity index (χ0n) is 15.1.